The smallest absolute Gasteiger partial charge is 0.205 e. The Balaban J connectivity index is 2.03. The number of nitrogen functional groups attached to an aromatic ring is 1. The maximum atomic E-state index is 13.5. The molecule has 0 bridgehead atoms. The highest BCUT2D eigenvalue weighted by molar-refractivity contribution is 5.84. The average Bonchev–Trinajstić information content (AvgIpc) is 2.82. The zero-order valence-corrected chi connectivity index (χ0v) is 11.0. The second kappa shape index (κ2) is 4.28. The Morgan fingerprint density at radius 3 is 2.76 bits per heavy atom. The van der Waals surface area contributed by atoms with Gasteiger partial charge in [0.15, 0.2) is 0 Å². The van der Waals surface area contributed by atoms with Gasteiger partial charge in [-0.15, -0.1) is 0 Å². The minimum absolute atomic E-state index is 0.314. The van der Waals surface area contributed by atoms with Crippen molar-refractivity contribution < 1.29 is 4.39 Å². The molecule has 102 valence electrons. The molecule has 4 nitrogen and oxygen atoms in total. The molecule has 5 heteroatoms. The third-order valence-corrected chi connectivity index (χ3v) is 3.49. The van der Waals surface area contributed by atoms with E-state index < -0.39 is 0 Å². The zero-order valence-electron chi connectivity index (χ0n) is 11.0. The molecule has 0 atom stereocenters. The molecule has 4 aromatic rings. The quantitative estimate of drug-likeness (QED) is 0.581. The number of pyridine rings is 1. The SMILES string of the molecule is Nc1nc2ccc(F)cc2n1-c1ccc2ncccc2c1. The Bertz CT molecular complexity index is 975. The number of fused-ring (bicyclic) bond motifs is 2. The summed E-state index contributed by atoms with van der Waals surface area (Å²) in [7, 11) is 0. The second-order valence-electron chi connectivity index (χ2n) is 4.82. The second-order valence-corrected chi connectivity index (χ2v) is 4.82. The summed E-state index contributed by atoms with van der Waals surface area (Å²) >= 11 is 0. The molecule has 2 N–H and O–H groups in total. The normalized spacial score (nSPS) is 11.3. The van der Waals surface area contributed by atoms with Crippen LogP contribution in [0.2, 0.25) is 0 Å². The highest BCUT2D eigenvalue weighted by atomic mass is 19.1. The van der Waals surface area contributed by atoms with Crippen molar-refractivity contribution in [3.05, 3.63) is 60.5 Å². The van der Waals surface area contributed by atoms with E-state index >= 15 is 0 Å². The zero-order chi connectivity index (χ0) is 14.4. The van der Waals surface area contributed by atoms with E-state index in [1.54, 1.807) is 16.8 Å². The molecule has 2 aromatic carbocycles. The van der Waals surface area contributed by atoms with E-state index in [4.69, 9.17) is 5.73 Å². The van der Waals surface area contributed by atoms with Crippen molar-refractivity contribution in [2.45, 2.75) is 0 Å². The van der Waals surface area contributed by atoms with Crippen LogP contribution in [-0.2, 0) is 0 Å². The minimum atomic E-state index is -0.314. The number of benzene rings is 2. The van der Waals surface area contributed by atoms with E-state index in [1.807, 2.05) is 30.3 Å². The number of anilines is 1. The molecule has 0 unspecified atom stereocenters. The van der Waals surface area contributed by atoms with Crippen LogP contribution in [0.4, 0.5) is 10.3 Å². The molecule has 0 aliphatic carbocycles. The van der Waals surface area contributed by atoms with Gasteiger partial charge in [-0.05, 0) is 36.4 Å². The molecule has 4 rings (SSSR count). The number of halogens is 1. The summed E-state index contributed by atoms with van der Waals surface area (Å²) in [5.74, 6) is 0.0185. The van der Waals surface area contributed by atoms with Crippen LogP contribution in [0.3, 0.4) is 0 Å². The van der Waals surface area contributed by atoms with E-state index in [-0.39, 0.29) is 5.82 Å². The lowest BCUT2D eigenvalue weighted by Gasteiger charge is -2.07. The van der Waals surface area contributed by atoms with Crippen LogP contribution >= 0.6 is 0 Å². The summed E-state index contributed by atoms with van der Waals surface area (Å²) < 4.78 is 15.2. The van der Waals surface area contributed by atoms with Gasteiger partial charge in [-0.3, -0.25) is 9.55 Å². The molecular weight excluding hydrogens is 267 g/mol. The number of rotatable bonds is 1. The fourth-order valence-electron chi connectivity index (χ4n) is 2.54. The Kier molecular flexibility index (Phi) is 2.41. The third kappa shape index (κ3) is 1.82. The number of hydrogen-bond donors (Lipinski definition) is 1. The van der Waals surface area contributed by atoms with Crippen LogP contribution in [0, 0.1) is 5.82 Å². The summed E-state index contributed by atoms with van der Waals surface area (Å²) in [6, 6.07) is 14.1. The summed E-state index contributed by atoms with van der Waals surface area (Å²) in [6.07, 6.45) is 1.75. The van der Waals surface area contributed by atoms with Crippen LogP contribution in [-0.4, -0.2) is 14.5 Å². The lowest BCUT2D eigenvalue weighted by atomic mass is 10.2. The van der Waals surface area contributed by atoms with Gasteiger partial charge >= 0.3 is 0 Å². The molecule has 0 amide bonds. The number of aromatic nitrogens is 3. The van der Waals surface area contributed by atoms with Crippen molar-refractivity contribution in [1.82, 2.24) is 14.5 Å². The van der Waals surface area contributed by atoms with Crippen molar-refractivity contribution in [1.29, 1.82) is 0 Å². The molecule has 0 spiro atoms. The molecule has 0 fully saturated rings. The monoisotopic (exact) mass is 278 g/mol. The molecule has 0 saturated carbocycles. The van der Waals surface area contributed by atoms with Gasteiger partial charge in [-0.1, -0.05) is 6.07 Å². The lowest BCUT2D eigenvalue weighted by Crippen LogP contribution is -2.00. The van der Waals surface area contributed by atoms with Gasteiger partial charge < -0.3 is 5.73 Å². The van der Waals surface area contributed by atoms with Crippen LogP contribution in [0.15, 0.2) is 54.7 Å². The molecule has 2 heterocycles. The number of imidazole rings is 1. The van der Waals surface area contributed by atoms with Gasteiger partial charge in [0, 0.05) is 23.3 Å². The van der Waals surface area contributed by atoms with E-state index in [2.05, 4.69) is 9.97 Å². The molecule has 0 saturated heterocycles. The fraction of sp³-hybridized carbons (Fsp3) is 0. The highest BCUT2D eigenvalue weighted by Crippen LogP contribution is 2.25. The first-order valence-corrected chi connectivity index (χ1v) is 6.51. The molecule has 0 radical (unpaired) electrons. The van der Waals surface area contributed by atoms with Gasteiger partial charge in [0.1, 0.15) is 5.82 Å². The predicted molar refractivity (Wildman–Crippen MR) is 80.7 cm³/mol. The maximum absolute atomic E-state index is 13.5. The van der Waals surface area contributed by atoms with Gasteiger partial charge in [0.25, 0.3) is 0 Å². The molecule has 0 aliphatic heterocycles. The maximum Gasteiger partial charge on any atom is 0.205 e. The van der Waals surface area contributed by atoms with Crippen LogP contribution < -0.4 is 5.73 Å². The third-order valence-electron chi connectivity index (χ3n) is 3.49. The molecule has 21 heavy (non-hydrogen) atoms. The first kappa shape index (κ1) is 11.8. The van der Waals surface area contributed by atoms with Crippen LogP contribution in [0.1, 0.15) is 0 Å². The van der Waals surface area contributed by atoms with E-state index in [9.17, 15) is 4.39 Å². The molecule has 2 aromatic heterocycles. The lowest BCUT2D eigenvalue weighted by molar-refractivity contribution is 0.629. The number of hydrogen-bond acceptors (Lipinski definition) is 3. The highest BCUT2D eigenvalue weighted by Gasteiger charge is 2.11. The van der Waals surface area contributed by atoms with Crippen molar-refractivity contribution in [2.75, 3.05) is 5.73 Å². The molecule has 0 aliphatic rings. The van der Waals surface area contributed by atoms with Gasteiger partial charge in [0.05, 0.1) is 16.6 Å². The van der Waals surface area contributed by atoms with Crippen molar-refractivity contribution in [2.24, 2.45) is 0 Å². The largest absolute Gasteiger partial charge is 0.369 e. The van der Waals surface area contributed by atoms with Gasteiger partial charge in [0.2, 0.25) is 5.95 Å². The van der Waals surface area contributed by atoms with E-state index in [0.29, 0.717) is 17.0 Å². The average molecular weight is 278 g/mol. The standard InChI is InChI=1S/C16H11FN4/c17-11-3-5-14-15(9-11)21(16(18)20-14)12-4-6-13-10(8-12)2-1-7-19-13/h1-9H,(H2,18,20). The van der Waals surface area contributed by atoms with Gasteiger partial charge in [-0.2, -0.15) is 0 Å². The topological polar surface area (TPSA) is 56.7 Å². The number of nitrogens with zero attached hydrogens (tertiary/aromatic N) is 3. The Morgan fingerprint density at radius 1 is 1.00 bits per heavy atom. The fourth-order valence-corrected chi connectivity index (χ4v) is 2.54. The first-order valence-electron chi connectivity index (χ1n) is 6.51. The van der Waals surface area contributed by atoms with E-state index in [0.717, 1.165) is 16.6 Å². The predicted octanol–water partition coefficient (Wildman–Crippen LogP) is 3.30. The minimum Gasteiger partial charge on any atom is -0.369 e. The summed E-state index contributed by atoms with van der Waals surface area (Å²) in [6.45, 7) is 0. The van der Waals surface area contributed by atoms with Crippen LogP contribution in [0.5, 0.6) is 0 Å². The van der Waals surface area contributed by atoms with Gasteiger partial charge in [-0.25, -0.2) is 9.37 Å². The van der Waals surface area contributed by atoms with Crippen LogP contribution in [0.25, 0.3) is 27.6 Å². The van der Waals surface area contributed by atoms with Crippen molar-refractivity contribution in [3.63, 3.8) is 0 Å². The summed E-state index contributed by atoms with van der Waals surface area (Å²) in [5.41, 5.74) is 9.04. The molecular formula is C16H11FN4. The number of nitrogens with two attached hydrogens (primary N) is 1. The first-order chi connectivity index (χ1) is 10.2. The summed E-state index contributed by atoms with van der Waals surface area (Å²) in [4.78, 5) is 8.56. The summed E-state index contributed by atoms with van der Waals surface area (Å²) in [5, 5.41) is 0.993. The Morgan fingerprint density at radius 2 is 1.86 bits per heavy atom. The Hall–Kier alpha value is -2.95. The van der Waals surface area contributed by atoms with Crippen molar-refractivity contribution >= 4 is 27.9 Å². The Labute approximate surface area is 119 Å². The van der Waals surface area contributed by atoms with Crippen molar-refractivity contribution in [3.8, 4) is 5.69 Å². The van der Waals surface area contributed by atoms with E-state index in [1.165, 1.54) is 12.1 Å².